The zero-order valence-corrected chi connectivity index (χ0v) is 11.9. The maximum Gasteiger partial charge on any atom is 0.268 e. The molecule has 0 bridgehead atoms. The molecule has 20 heavy (non-hydrogen) atoms. The molecular weight excluding hydrogens is 250 g/mol. The van der Waals surface area contributed by atoms with Crippen LogP contribution >= 0.6 is 0 Å². The first kappa shape index (κ1) is 14.0. The van der Waals surface area contributed by atoms with E-state index in [1.165, 1.54) is 16.3 Å². The molecule has 1 heterocycles. The van der Waals surface area contributed by atoms with Gasteiger partial charge in [-0.1, -0.05) is 38.1 Å². The first-order valence-electron chi connectivity index (χ1n) is 6.59. The van der Waals surface area contributed by atoms with Crippen LogP contribution in [0.3, 0.4) is 0 Å². The van der Waals surface area contributed by atoms with Crippen LogP contribution in [-0.4, -0.2) is 9.78 Å². The SMILES string of the molecule is Cc1nn(Cc2ccc(C(C)C)cc2)c(=O)cc1C#N. The summed E-state index contributed by atoms with van der Waals surface area (Å²) in [6.07, 6.45) is 0. The van der Waals surface area contributed by atoms with Gasteiger partial charge in [0.05, 0.1) is 17.8 Å². The molecule has 1 aromatic heterocycles. The normalized spacial score (nSPS) is 10.6. The van der Waals surface area contributed by atoms with Crippen molar-refractivity contribution in [3.05, 3.63) is 63.1 Å². The molecule has 0 spiro atoms. The van der Waals surface area contributed by atoms with Crippen LogP contribution < -0.4 is 5.56 Å². The number of rotatable bonds is 3. The van der Waals surface area contributed by atoms with Crippen molar-refractivity contribution in [3.8, 4) is 6.07 Å². The zero-order chi connectivity index (χ0) is 14.7. The van der Waals surface area contributed by atoms with Crippen molar-refractivity contribution in [3.63, 3.8) is 0 Å². The molecule has 0 atom stereocenters. The van der Waals surface area contributed by atoms with E-state index in [1.807, 2.05) is 18.2 Å². The molecule has 0 N–H and O–H groups in total. The van der Waals surface area contributed by atoms with Crippen LogP contribution in [0.4, 0.5) is 0 Å². The Hall–Kier alpha value is -2.41. The minimum atomic E-state index is -0.250. The first-order valence-corrected chi connectivity index (χ1v) is 6.59. The van der Waals surface area contributed by atoms with Gasteiger partial charge in [-0.15, -0.1) is 0 Å². The fourth-order valence-electron chi connectivity index (χ4n) is 1.99. The van der Waals surface area contributed by atoms with Gasteiger partial charge in [-0.2, -0.15) is 10.4 Å². The first-order chi connectivity index (χ1) is 9.51. The Balaban J connectivity index is 2.29. The van der Waals surface area contributed by atoms with Gasteiger partial charge in [-0.05, 0) is 24.0 Å². The lowest BCUT2D eigenvalue weighted by molar-refractivity contribution is 0.626. The number of aryl methyl sites for hydroxylation is 1. The topological polar surface area (TPSA) is 58.7 Å². The van der Waals surface area contributed by atoms with Crippen molar-refractivity contribution in [2.24, 2.45) is 0 Å². The van der Waals surface area contributed by atoms with Crippen LogP contribution in [0.2, 0.25) is 0 Å². The van der Waals surface area contributed by atoms with E-state index in [-0.39, 0.29) is 5.56 Å². The molecule has 0 aliphatic carbocycles. The van der Waals surface area contributed by atoms with E-state index in [0.717, 1.165) is 5.56 Å². The number of hydrogen-bond donors (Lipinski definition) is 0. The van der Waals surface area contributed by atoms with Gasteiger partial charge < -0.3 is 0 Å². The lowest BCUT2D eigenvalue weighted by Gasteiger charge is -2.09. The maximum atomic E-state index is 11.9. The van der Waals surface area contributed by atoms with Gasteiger partial charge in [-0.25, -0.2) is 4.68 Å². The van der Waals surface area contributed by atoms with Crippen LogP contribution in [0, 0.1) is 18.3 Å². The molecule has 4 nitrogen and oxygen atoms in total. The van der Waals surface area contributed by atoms with Gasteiger partial charge in [0.1, 0.15) is 6.07 Å². The summed E-state index contributed by atoms with van der Waals surface area (Å²) in [5.41, 5.74) is 2.95. The molecule has 0 aliphatic heterocycles. The Morgan fingerprint density at radius 1 is 1.30 bits per heavy atom. The second-order valence-corrected chi connectivity index (χ2v) is 5.15. The minimum Gasteiger partial charge on any atom is -0.268 e. The van der Waals surface area contributed by atoms with Gasteiger partial charge in [0.25, 0.3) is 5.56 Å². The Kier molecular flexibility index (Phi) is 3.99. The van der Waals surface area contributed by atoms with Crippen LogP contribution in [0.15, 0.2) is 35.1 Å². The summed E-state index contributed by atoms with van der Waals surface area (Å²) in [5.74, 6) is 0.488. The smallest absolute Gasteiger partial charge is 0.268 e. The van der Waals surface area contributed by atoms with Gasteiger partial charge in [0, 0.05) is 6.07 Å². The van der Waals surface area contributed by atoms with Crippen molar-refractivity contribution < 1.29 is 0 Å². The van der Waals surface area contributed by atoms with Gasteiger partial charge in [0.15, 0.2) is 0 Å². The van der Waals surface area contributed by atoms with Gasteiger partial charge in [-0.3, -0.25) is 4.79 Å². The molecule has 0 radical (unpaired) electrons. The Morgan fingerprint density at radius 2 is 1.95 bits per heavy atom. The number of hydrogen-bond acceptors (Lipinski definition) is 3. The van der Waals surface area contributed by atoms with E-state index in [4.69, 9.17) is 5.26 Å². The van der Waals surface area contributed by atoms with E-state index in [1.54, 1.807) is 6.92 Å². The lowest BCUT2D eigenvalue weighted by atomic mass is 10.0. The second kappa shape index (κ2) is 5.70. The summed E-state index contributed by atoms with van der Waals surface area (Å²) in [5, 5.41) is 13.0. The summed E-state index contributed by atoms with van der Waals surface area (Å²) in [4.78, 5) is 11.9. The number of nitrogens with zero attached hydrogens (tertiary/aromatic N) is 3. The molecular formula is C16H17N3O. The van der Waals surface area contributed by atoms with E-state index in [9.17, 15) is 4.79 Å². The number of nitriles is 1. The van der Waals surface area contributed by atoms with Crippen molar-refractivity contribution in [1.82, 2.24) is 9.78 Å². The molecule has 0 fully saturated rings. The molecule has 0 unspecified atom stereocenters. The van der Waals surface area contributed by atoms with Crippen LogP contribution in [0.5, 0.6) is 0 Å². The predicted molar refractivity (Wildman–Crippen MR) is 77.6 cm³/mol. The highest BCUT2D eigenvalue weighted by molar-refractivity contribution is 5.30. The van der Waals surface area contributed by atoms with Crippen molar-refractivity contribution in [2.75, 3.05) is 0 Å². The van der Waals surface area contributed by atoms with Crippen LogP contribution in [0.25, 0.3) is 0 Å². The highest BCUT2D eigenvalue weighted by atomic mass is 16.1. The van der Waals surface area contributed by atoms with E-state index in [2.05, 4.69) is 31.1 Å². The highest BCUT2D eigenvalue weighted by Gasteiger charge is 2.06. The van der Waals surface area contributed by atoms with Crippen LogP contribution in [0.1, 0.15) is 42.1 Å². The molecule has 102 valence electrons. The molecule has 2 rings (SSSR count). The van der Waals surface area contributed by atoms with Gasteiger partial charge >= 0.3 is 0 Å². The minimum absolute atomic E-state index is 0.250. The van der Waals surface area contributed by atoms with Crippen molar-refractivity contribution in [2.45, 2.75) is 33.2 Å². The molecule has 0 saturated heterocycles. The molecule has 0 amide bonds. The highest BCUT2D eigenvalue weighted by Crippen LogP contribution is 2.14. The van der Waals surface area contributed by atoms with E-state index >= 15 is 0 Å². The fourth-order valence-corrected chi connectivity index (χ4v) is 1.99. The number of aromatic nitrogens is 2. The average Bonchev–Trinajstić information content (AvgIpc) is 2.43. The third-order valence-electron chi connectivity index (χ3n) is 3.28. The van der Waals surface area contributed by atoms with Crippen molar-refractivity contribution in [1.29, 1.82) is 5.26 Å². The third-order valence-corrected chi connectivity index (χ3v) is 3.28. The Labute approximate surface area is 118 Å². The Morgan fingerprint density at radius 3 is 2.50 bits per heavy atom. The summed E-state index contributed by atoms with van der Waals surface area (Å²) >= 11 is 0. The second-order valence-electron chi connectivity index (χ2n) is 5.15. The summed E-state index contributed by atoms with van der Waals surface area (Å²) in [7, 11) is 0. The van der Waals surface area contributed by atoms with Crippen LogP contribution in [-0.2, 0) is 6.54 Å². The molecule has 1 aromatic carbocycles. The summed E-state index contributed by atoms with van der Waals surface area (Å²) in [6.45, 7) is 6.44. The molecule has 2 aromatic rings. The maximum absolute atomic E-state index is 11.9. The monoisotopic (exact) mass is 267 g/mol. The predicted octanol–water partition coefficient (Wildman–Crippen LogP) is 2.60. The number of benzene rings is 1. The zero-order valence-electron chi connectivity index (χ0n) is 11.9. The standard InChI is InChI=1S/C16H17N3O/c1-11(2)14-6-4-13(5-7-14)10-19-16(20)8-15(9-17)12(3)18-19/h4-8,11H,10H2,1-3H3. The van der Waals surface area contributed by atoms with E-state index in [0.29, 0.717) is 23.7 Å². The molecule has 0 aliphatic rings. The summed E-state index contributed by atoms with van der Waals surface area (Å²) < 4.78 is 1.39. The quantitative estimate of drug-likeness (QED) is 0.858. The molecule has 4 heteroatoms. The Bertz CT molecular complexity index is 706. The molecule has 0 saturated carbocycles. The van der Waals surface area contributed by atoms with E-state index < -0.39 is 0 Å². The average molecular weight is 267 g/mol. The largest absolute Gasteiger partial charge is 0.268 e. The lowest BCUT2D eigenvalue weighted by Crippen LogP contribution is -2.24. The third kappa shape index (κ3) is 2.94. The summed E-state index contributed by atoms with van der Waals surface area (Å²) in [6, 6.07) is 11.5. The van der Waals surface area contributed by atoms with Gasteiger partial charge in [0.2, 0.25) is 0 Å². The fraction of sp³-hybridized carbons (Fsp3) is 0.312. The van der Waals surface area contributed by atoms with Crippen molar-refractivity contribution >= 4 is 0 Å².